The van der Waals surface area contributed by atoms with Gasteiger partial charge in [-0.05, 0) is 53.8 Å². The van der Waals surface area contributed by atoms with Gasteiger partial charge in [0.05, 0.1) is 30.9 Å². The Kier molecular flexibility index (Phi) is 19.0. The molecule has 0 aliphatic carbocycles. The number of halogens is 1. The number of carbonyl (C=O) groups is 6. The molecule has 1 N–H and O–H groups in total. The minimum Gasteiger partial charge on any atom is -0.445 e. The smallest absolute Gasteiger partial charge is 0.410 e. The third-order valence-electron chi connectivity index (χ3n) is 12.8. The molecule has 3 aliphatic rings. The number of hydrogen-bond donors (Lipinski definition) is 1. The molecular formula is C50H73IN2O14Si2. The quantitative estimate of drug-likeness (QED) is 0.0779. The summed E-state index contributed by atoms with van der Waals surface area (Å²) in [5, 5.41) is 9.86. The van der Waals surface area contributed by atoms with Crippen molar-refractivity contribution in [3.05, 3.63) is 105 Å². The second-order valence-electron chi connectivity index (χ2n) is 20.5. The molecule has 4 atom stereocenters. The first-order valence-corrected chi connectivity index (χ1v) is 34.7. The van der Waals surface area contributed by atoms with Crippen LogP contribution in [0.25, 0.3) is 0 Å². The Morgan fingerprint density at radius 3 is 1.55 bits per heavy atom. The molecule has 6 rings (SSSR count). The molecule has 0 radical (unpaired) electrons. The van der Waals surface area contributed by atoms with Gasteiger partial charge in [-0.15, -0.1) is 0 Å². The van der Waals surface area contributed by atoms with Crippen LogP contribution in [0.2, 0.25) is 36.3 Å². The van der Waals surface area contributed by atoms with Gasteiger partial charge in [0.1, 0.15) is 19.5 Å². The van der Waals surface area contributed by atoms with Crippen molar-refractivity contribution in [3.63, 3.8) is 0 Å². The fourth-order valence-electron chi connectivity index (χ4n) is 7.27. The number of hydrogen-bond acceptors (Lipinski definition) is 14. The fourth-order valence-corrected chi connectivity index (χ4v) is 17.7. The molecule has 0 unspecified atom stereocenters. The minimum atomic E-state index is -5.01. The van der Waals surface area contributed by atoms with Gasteiger partial charge in [0.2, 0.25) is 0 Å². The summed E-state index contributed by atoms with van der Waals surface area (Å²) in [7, 11) is -3.85. The predicted octanol–water partition coefficient (Wildman–Crippen LogP) is 9.87. The van der Waals surface area contributed by atoms with Gasteiger partial charge in [-0.2, -0.15) is 0 Å². The van der Waals surface area contributed by atoms with Crippen LogP contribution in [0.1, 0.15) is 89.7 Å². The average Bonchev–Trinajstić information content (AvgIpc) is 3.93. The van der Waals surface area contributed by atoms with Gasteiger partial charge in [0.15, 0.2) is 16.6 Å². The van der Waals surface area contributed by atoms with Crippen LogP contribution < -0.4 is 0 Å². The number of nitrogens with zero attached hydrogens (tertiary/aromatic N) is 2. The van der Waals surface area contributed by atoms with Gasteiger partial charge in [0.25, 0.3) is 0 Å². The second-order valence-corrected chi connectivity index (χ2v) is 38.6. The van der Waals surface area contributed by atoms with Crippen molar-refractivity contribution in [2.45, 2.75) is 142 Å². The van der Waals surface area contributed by atoms with E-state index < -0.39 is 65.0 Å². The minimum absolute atomic E-state index is 0.0395. The average molecular weight is 1110 g/mol. The van der Waals surface area contributed by atoms with Gasteiger partial charge >= 0.3 is 124 Å². The number of aliphatic hydroxyl groups is 1. The summed E-state index contributed by atoms with van der Waals surface area (Å²) in [6, 6.07) is 24.8. The molecule has 2 fully saturated rings. The maximum Gasteiger partial charge on any atom is 0.410 e. The van der Waals surface area contributed by atoms with Crippen molar-refractivity contribution in [2.75, 3.05) is 24.6 Å². The molecule has 3 heterocycles. The number of likely N-dealkylation sites (tertiary alicyclic amines) is 2. The van der Waals surface area contributed by atoms with Crippen molar-refractivity contribution in [1.82, 2.24) is 9.80 Å². The van der Waals surface area contributed by atoms with Crippen molar-refractivity contribution in [2.24, 2.45) is 0 Å². The number of aldehydes is 1. The Morgan fingerprint density at radius 2 is 1.12 bits per heavy atom. The van der Waals surface area contributed by atoms with Crippen LogP contribution in [-0.2, 0) is 55.1 Å². The predicted molar refractivity (Wildman–Crippen MR) is 275 cm³/mol. The van der Waals surface area contributed by atoms with Crippen LogP contribution in [-0.4, -0.2) is 117 Å². The SMILES string of the molecule is CC(=O)OI1(C)(OC(C)=O)OC(=O)c2ccccc21.CC(C)(C)[Si](C)(C)O[C@@H]1C[C@H](C=O)N(C(=O)OCc2ccccc2)C1.CC(C)(C)[Si](C)(C)O[C@@H]1C[C@H](CO)N(C(=O)OCc2ccccc2)C1. The Morgan fingerprint density at radius 1 is 0.696 bits per heavy atom. The van der Waals surface area contributed by atoms with Crippen LogP contribution in [0.4, 0.5) is 9.59 Å². The molecule has 19 heteroatoms. The largest absolute Gasteiger partial charge is 0.445 e. The number of aliphatic hydroxyl groups excluding tert-OH is 1. The van der Waals surface area contributed by atoms with E-state index in [-0.39, 0.29) is 59.8 Å². The summed E-state index contributed by atoms with van der Waals surface area (Å²) in [4.78, 5) is 75.4. The Labute approximate surface area is 412 Å². The molecule has 3 aliphatic heterocycles. The third kappa shape index (κ3) is 14.9. The fraction of sp³-hybridized carbons (Fsp3) is 0.520. The summed E-state index contributed by atoms with van der Waals surface area (Å²) in [5.41, 5.74) is 2.14. The van der Waals surface area contributed by atoms with E-state index in [2.05, 4.69) is 67.7 Å². The molecule has 2 amide bonds. The number of alkyl halides is 1. The van der Waals surface area contributed by atoms with Crippen molar-refractivity contribution < 1.29 is 61.4 Å². The van der Waals surface area contributed by atoms with Crippen LogP contribution in [0.3, 0.4) is 0 Å². The number of rotatable bonds is 12. The summed E-state index contributed by atoms with van der Waals surface area (Å²) < 4.78 is 39.7. The molecule has 0 spiro atoms. The monoisotopic (exact) mass is 1110 g/mol. The van der Waals surface area contributed by atoms with E-state index in [1.165, 1.54) is 23.7 Å². The van der Waals surface area contributed by atoms with Gasteiger partial charge in [-0.25, -0.2) is 9.59 Å². The summed E-state index contributed by atoms with van der Waals surface area (Å²) in [6.45, 7) is 25.5. The normalized spacial score (nSPS) is 21.1. The Bertz CT molecular complexity index is 2240. The van der Waals surface area contributed by atoms with Crippen molar-refractivity contribution in [1.29, 1.82) is 0 Å². The van der Waals surface area contributed by atoms with Crippen LogP contribution in [0.15, 0.2) is 84.9 Å². The molecule has 3 aromatic rings. The van der Waals surface area contributed by atoms with Gasteiger partial charge in [-0.3, -0.25) is 4.90 Å². The molecule has 0 aromatic heterocycles. The zero-order chi connectivity index (χ0) is 51.6. The maximum absolute atomic E-state index is 12.4. The molecule has 2 saturated heterocycles. The molecular weight excluding hydrogens is 1040 g/mol. The van der Waals surface area contributed by atoms with Crippen LogP contribution in [0, 0.1) is 3.57 Å². The van der Waals surface area contributed by atoms with Gasteiger partial charge in [0, 0.05) is 19.5 Å². The Hall–Kier alpha value is -4.68. The van der Waals surface area contributed by atoms with Crippen molar-refractivity contribution >= 4 is 71.3 Å². The van der Waals surface area contributed by atoms with E-state index in [1.807, 2.05) is 60.7 Å². The van der Waals surface area contributed by atoms with Crippen LogP contribution in [0.5, 0.6) is 0 Å². The molecule has 69 heavy (non-hydrogen) atoms. The number of benzene rings is 3. The zero-order valence-electron chi connectivity index (χ0n) is 42.4. The zero-order valence-corrected chi connectivity index (χ0v) is 46.6. The number of ether oxygens (including phenoxy) is 2. The molecule has 0 saturated carbocycles. The van der Waals surface area contributed by atoms with Crippen LogP contribution >= 0.6 is 18.3 Å². The molecule has 382 valence electrons. The van der Waals surface area contributed by atoms with Gasteiger partial charge < -0.3 is 33.1 Å². The first kappa shape index (κ1) is 56.9. The summed E-state index contributed by atoms with van der Waals surface area (Å²) in [5.74, 6) is -1.97. The third-order valence-corrected chi connectivity index (χ3v) is 30.1. The summed E-state index contributed by atoms with van der Waals surface area (Å²) >= 11 is -5.01. The molecule has 16 nitrogen and oxygen atoms in total. The topological polar surface area (TPSA) is 194 Å². The van der Waals surface area contributed by atoms with E-state index in [4.69, 9.17) is 27.5 Å². The number of fused-ring (bicyclic) bond motifs is 1. The van der Waals surface area contributed by atoms with Gasteiger partial charge in [-0.1, -0.05) is 102 Å². The Balaban J connectivity index is 0.000000228. The van der Waals surface area contributed by atoms with E-state index in [0.717, 1.165) is 17.4 Å². The summed E-state index contributed by atoms with van der Waals surface area (Å²) in [6.07, 6.45) is 1.02. The second kappa shape index (κ2) is 23.0. The number of amides is 2. The van der Waals surface area contributed by atoms with Crippen molar-refractivity contribution in [3.8, 4) is 0 Å². The van der Waals surface area contributed by atoms with E-state index in [0.29, 0.717) is 29.5 Å². The van der Waals surface area contributed by atoms with E-state index in [9.17, 15) is 33.9 Å². The first-order chi connectivity index (χ1) is 32.0. The van der Waals surface area contributed by atoms with E-state index in [1.54, 1.807) is 29.2 Å². The first-order valence-electron chi connectivity index (χ1n) is 23.0. The maximum atomic E-state index is 12.4. The standard InChI is InChI=1S/C19H31NO4Si.C19H29NO4Si.C12H13IO6/c2*1-19(2,3)25(4,5)24-17-11-16(13-21)20(12-17)18(22)23-14-15-9-7-6-8-10-15;1-8(14)17-13(3,18-9(2)15)11-7-5-4-6-10(11)12(16)19-13/h6-10,16-17,21H,11-14H2,1-5H3;6-10,13,16-17H,11-12,14H2,1-5H3;4-7H,1-3H3/t2*16-,17-;/m11./s1. The molecule has 0 bridgehead atoms. The van der Waals surface area contributed by atoms with E-state index >= 15 is 0 Å². The number of carbonyl (C=O) groups excluding carboxylic acids is 6. The molecule has 3 aromatic carbocycles.